The van der Waals surface area contributed by atoms with Crippen LogP contribution in [-0.4, -0.2) is 49.5 Å². The molecule has 8 nitrogen and oxygen atoms in total. The van der Waals surface area contributed by atoms with E-state index < -0.39 is 5.97 Å². The monoisotopic (exact) mass is 342 g/mol. The largest absolute Gasteiger partial charge is 0.481 e. The molecule has 0 bridgehead atoms. The van der Waals surface area contributed by atoms with Crippen molar-refractivity contribution in [2.24, 2.45) is 5.92 Å². The molecule has 0 unspecified atom stereocenters. The van der Waals surface area contributed by atoms with Gasteiger partial charge in [-0.2, -0.15) is 15.4 Å². The second-order valence-electron chi connectivity index (χ2n) is 7.01. The molecule has 2 N–H and O–H groups in total. The highest BCUT2D eigenvalue weighted by Crippen LogP contribution is 2.36. The minimum absolute atomic E-state index is 0.0230. The molecule has 0 amide bonds. The number of aromatic amines is 1. The zero-order valence-electron chi connectivity index (χ0n) is 14.3. The Morgan fingerprint density at radius 1 is 1.32 bits per heavy atom. The number of carbonyl (C=O) groups is 1. The summed E-state index contributed by atoms with van der Waals surface area (Å²) in [7, 11) is 0. The summed E-state index contributed by atoms with van der Waals surface area (Å²) in [6.45, 7) is 3.35. The molecule has 0 radical (unpaired) electrons. The van der Waals surface area contributed by atoms with E-state index in [1.54, 1.807) is 6.20 Å². The van der Waals surface area contributed by atoms with Gasteiger partial charge in [0.05, 0.1) is 18.3 Å². The third kappa shape index (κ3) is 3.08. The van der Waals surface area contributed by atoms with Crippen LogP contribution in [0.1, 0.15) is 47.8 Å². The van der Waals surface area contributed by atoms with Gasteiger partial charge >= 0.3 is 5.97 Å². The summed E-state index contributed by atoms with van der Waals surface area (Å²) in [4.78, 5) is 22.9. The van der Waals surface area contributed by atoms with Gasteiger partial charge in [-0.15, -0.1) is 0 Å². The average molecular weight is 342 g/mol. The Labute approximate surface area is 145 Å². The van der Waals surface area contributed by atoms with Crippen LogP contribution in [0, 0.1) is 12.8 Å². The van der Waals surface area contributed by atoms with Gasteiger partial charge in [0.15, 0.2) is 0 Å². The van der Waals surface area contributed by atoms with E-state index in [1.807, 2.05) is 0 Å². The Morgan fingerprint density at radius 2 is 2.16 bits per heavy atom. The average Bonchev–Trinajstić information content (AvgIpc) is 3.23. The number of aryl methyl sites for hydroxylation is 2. The van der Waals surface area contributed by atoms with Crippen molar-refractivity contribution in [2.75, 3.05) is 18.0 Å². The molecular weight excluding hydrogens is 320 g/mol. The SMILES string of the molecule is Cc1nc(N2C[C@H](CC(=O)O)[C@H](c3cn[nH]n3)C2)nc2c1CCCC2. The number of carboxylic acid groups (broad SMARTS) is 1. The number of rotatable bonds is 4. The lowest BCUT2D eigenvalue weighted by atomic mass is 9.91. The van der Waals surface area contributed by atoms with E-state index in [4.69, 9.17) is 9.97 Å². The van der Waals surface area contributed by atoms with Crippen molar-refractivity contribution in [3.8, 4) is 0 Å². The fourth-order valence-corrected chi connectivity index (χ4v) is 4.10. The molecule has 2 atom stereocenters. The molecule has 4 rings (SSSR count). The molecule has 8 heteroatoms. The number of hydrogen-bond acceptors (Lipinski definition) is 6. The Balaban J connectivity index is 1.63. The molecule has 0 spiro atoms. The first-order valence-corrected chi connectivity index (χ1v) is 8.80. The van der Waals surface area contributed by atoms with Crippen LogP contribution in [0.4, 0.5) is 5.95 Å². The molecule has 1 aliphatic heterocycles. The highest BCUT2D eigenvalue weighted by atomic mass is 16.4. The van der Waals surface area contributed by atoms with Gasteiger partial charge in [-0.3, -0.25) is 4.79 Å². The Hall–Kier alpha value is -2.51. The number of nitrogens with one attached hydrogen (secondary N) is 1. The van der Waals surface area contributed by atoms with Crippen molar-refractivity contribution in [1.29, 1.82) is 0 Å². The highest BCUT2D eigenvalue weighted by molar-refractivity contribution is 5.67. The molecule has 3 heterocycles. The fourth-order valence-electron chi connectivity index (χ4n) is 4.10. The third-order valence-corrected chi connectivity index (χ3v) is 5.35. The summed E-state index contributed by atoms with van der Waals surface area (Å²) in [6, 6.07) is 0. The second kappa shape index (κ2) is 6.42. The summed E-state index contributed by atoms with van der Waals surface area (Å²) in [5, 5.41) is 19.9. The van der Waals surface area contributed by atoms with Crippen molar-refractivity contribution >= 4 is 11.9 Å². The summed E-state index contributed by atoms with van der Waals surface area (Å²) < 4.78 is 0. The van der Waals surface area contributed by atoms with E-state index in [1.165, 1.54) is 18.4 Å². The van der Waals surface area contributed by atoms with E-state index in [2.05, 4.69) is 27.2 Å². The second-order valence-corrected chi connectivity index (χ2v) is 7.01. The van der Waals surface area contributed by atoms with Crippen LogP contribution in [0.25, 0.3) is 0 Å². The van der Waals surface area contributed by atoms with Gasteiger partial charge < -0.3 is 10.0 Å². The van der Waals surface area contributed by atoms with Crippen molar-refractivity contribution in [2.45, 2.75) is 44.9 Å². The maximum Gasteiger partial charge on any atom is 0.303 e. The van der Waals surface area contributed by atoms with Gasteiger partial charge in [0.1, 0.15) is 0 Å². The number of aliphatic carboxylic acids is 1. The molecule has 0 aromatic carbocycles. The highest BCUT2D eigenvalue weighted by Gasteiger charge is 2.38. The molecule has 25 heavy (non-hydrogen) atoms. The number of hydrogen-bond donors (Lipinski definition) is 2. The minimum atomic E-state index is -0.789. The molecule has 132 valence electrons. The van der Waals surface area contributed by atoms with Crippen molar-refractivity contribution < 1.29 is 9.90 Å². The Morgan fingerprint density at radius 3 is 2.92 bits per heavy atom. The Kier molecular flexibility index (Phi) is 4.10. The molecule has 1 fully saturated rings. The molecule has 2 aliphatic rings. The summed E-state index contributed by atoms with van der Waals surface area (Å²) in [5.74, 6) is -0.0697. The molecule has 1 saturated heterocycles. The lowest BCUT2D eigenvalue weighted by Gasteiger charge is -2.22. The zero-order chi connectivity index (χ0) is 17.4. The Bertz CT molecular complexity index is 776. The van der Waals surface area contributed by atoms with Crippen molar-refractivity contribution in [3.63, 3.8) is 0 Å². The maximum atomic E-state index is 11.3. The number of carboxylic acids is 1. The maximum absolute atomic E-state index is 11.3. The lowest BCUT2D eigenvalue weighted by molar-refractivity contribution is -0.138. The number of nitrogens with zero attached hydrogens (tertiary/aromatic N) is 5. The molecular formula is C17H22N6O2. The first-order valence-electron chi connectivity index (χ1n) is 8.80. The van der Waals surface area contributed by atoms with Crippen LogP contribution in [0.15, 0.2) is 6.20 Å². The standard InChI is InChI=1S/C17H22N6O2/c1-10-12-4-2-3-5-14(12)20-17(19-10)23-8-11(6-16(24)25)13(9-23)15-7-18-22-21-15/h7,11,13H,2-6,8-9H2,1H3,(H,24,25)(H,18,21,22)/t11-,13+/m0/s1. The lowest BCUT2D eigenvalue weighted by Crippen LogP contribution is -2.25. The van der Waals surface area contributed by atoms with Gasteiger partial charge in [-0.25, -0.2) is 9.97 Å². The molecule has 2 aromatic rings. The molecule has 2 aromatic heterocycles. The molecule has 1 aliphatic carbocycles. The zero-order valence-corrected chi connectivity index (χ0v) is 14.3. The third-order valence-electron chi connectivity index (χ3n) is 5.35. The van der Waals surface area contributed by atoms with E-state index in [-0.39, 0.29) is 18.3 Å². The van der Waals surface area contributed by atoms with E-state index in [0.717, 1.165) is 35.9 Å². The van der Waals surface area contributed by atoms with Crippen LogP contribution < -0.4 is 4.90 Å². The first kappa shape index (κ1) is 16.0. The van der Waals surface area contributed by atoms with Gasteiger partial charge in [0.2, 0.25) is 5.95 Å². The van der Waals surface area contributed by atoms with Crippen LogP contribution in [-0.2, 0) is 17.6 Å². The quantitative estimate of drug-likeness (QED) is 0.866. The summed E-state index contributed by atoms with van der Waals surface area (Å²) in [6.07, 6.45) is 6.23. The fraction of sp³-hybridized carbons (Fsp3) is 0.588. The first-order chi connectivity index (χ1) is 12.1. The summed E-state index contributed by atoms with van der Waals surface area (Å²) in [5.41, 5.74) is 4.32. The van der Waals surface area contributed by atoms with Gasteiger partial charge in [0.25, 0.3) is 0 Å². The minimum Gasteiger partial charge on any atom is -0.481 e. The van der Waals surface area contributed by atoms with Crippen LogP contribution in [0.2, 0.25) is 0 Å². The van der Waals surface area contributed by atoms with Crippen molar-refractivity contribution in [3.05, 3.63) is 28.8 Å². The van der Waals surface area contributed by atoms with E-state index in [0.29, 0.717) is 13.1 Å². The van der Waals surface area contributed by atoms with Crippen LogP contribution >= 0.6 is 0 Å². The number of aromatic nitrogens is 5. The number of H-pyrrole nitrogens is 1. The smallest absolute Gasteiger partial charge is 0.303 e. The normalized spacial score (nSPS) is 22.8. The predicted molar refractivity (Wildman–Crippen MR) is 90.5 cm³/mol. The topological polar surface area (TPSA) is 108 Å². The van der Waals surface area contributed by atoms with Crippen molar-refractivity contribution in [1.82, 2.24) is 25.4 Å². The molecule has 0 saturated carbocycles. The number of anilines is 1. The van der Waals surface area contributed by atoms with Crippen LogP contribution in [0.3, 0.4) is 0 Å². The summed E-state index contributed by atoms with van der Waals surface area (Å²) >= 11 is 0. The van der Waals surface area contributed by atoms with E-state index >= 15 is 0 Å². The van der Waals surface area contributed by atoms with Crippen LogP contribution in [0.5, 0.6) is 0 Å². The van der Waals surface area contributed by atoms with Gasteiger partial charge in [0, 0.05) is 30.4 Å². The van der Waals surface area contributed by atoms with Gasteiger partial charge in [-0.05, 0) is 44.1 Å². The van der Waals surface area contributed by atoms with E-state index in [9.17, 15) is 9.90 Å². The predicted octanol–water partition coefficient (Wildman–Crippen LogP) is 1.48. The number of fused-ring (bicyclic) bond motifs is 1. The van der Waals surface area contributed by atoms with Gasteiger partial charge in [-0.1, -0.05) is 0 Å².